The molecule has 0 heterocycles. The van der Waals surface area contributed by atoms with Crippen LogP contribution in [0, 0.1) is 5.92 Å². The highest BCUT2D eigenvalue weighted by molar-refractivity contribution is 5.42. The normalized spacial score (nSPS) is 17.3. The zero-order valence-electron chi connectivity index (χ0n) is 9.06. The molecule has 1 atom stereocenters. The van der Waals surface area contributed by atoms with E-state index in [9.17, 15) is 5.11 Å². The van der Waals surface area contributed by atoms with Gasteiger partial charge in [-0.3, -0.25) is 0 Å². The van der Waals surface area contributed by atoms with Gasteiger partial charge in [-0.15, -0.1) is 0 Å². The number of rotatable bonds is 4. The maximum absolute atomic E-state index is 10.1. The fourth-order valence-electron chi connectivity index (χ4n) is 1.74. The van der Waals surface area contributed by atoms with Gasteiger partial charge in [0.05, 0.1) is 20.3 Å². The van der Waals surface area contributed by atoms with Gasteiger partial charge in [-0.2, -0.15) is 0 Å². The molecule has 0 aliphatic heterocycles. The molecular weight excluding hydrogens is 192 g/mol. The van der Waals surface area contributed by atoms with E-state index in [1.165, 1.54) is 0 Å². The van der Waals surface area contributed by atoms with Crippen molar-refractivity contribution >= 4 is 0 Å². The van der Waals surface area contributed by atoms with Gasteiger partial charge in [0.2, 0.25) is 0 Å². The van der Waals surface area contributed by atoms with E-state index in [0.29, 0.717) is 5.92 Å². The van der Waals surface area contributed by atoms with Crippen molar-refractivity contribution in [1.82, 2.24) is 0 Å². The second kappa shape index (κ2) is 4.11. The number of hydrogen-bond acceptors (Lipinski definition) is 3. The van der Waals surface area contributed by atoms with Gasteiger partial charge in [-0.1, -0.05) is 0 Å². The van der Waals surface area contributed by atoms with E-state index in [4.69, 9.17) is 9.47 Å². The second-order valence-electron chi connectivity index (χ2n) is 3.89. The maximum atomic E-state index is 10.1. The topological polar surface area (TPSA) is 38.7 Å². The van der Waals surface area contributed by atoms with E-state index in [1.54, 1.807) is 14.2 Å². The van der Waals surface area contributed by atoms with Crippen molar-refractivity contribution in [2.45, 2.75) is 18.9 Å². The molecule has 1 saturated carbocycles. The summed E-state index contributed by atoms with van der Waals surface area (Å²) in [6.07, 6.45) is 1.78. The van der Waals surface area contributed by atoms with Crippen molar-refractivity contribution in [2.75, 3.05) is 14.2 Å². The van der Waals surface area contributed by atoms with Gasteiger partial charge in [-0.05, 0) is 37.0 Å². The molecule has 0 spiro atoms. The van der Waals surface area contributed by atoms with Crippen molar-refractivity contribution in [3.05, 3.63) is 23.8 Å². The second-order valence-corrected chi connectivity index (χ2v) is 3.89. The van der Waals surface area contributed by atoms with Crippen LogP contribution in [0.5, 0.6) is 11.5 Å². The summed E-state index contributed by atoms with van der Waals surface area (Å²) in [6, 6.07) is 5.52. The monoisotopic (exact) mass is 208 g/mol. The highest BCUT2D eigenvalue weighted by Crippen LogP contribution is 2.44. The number of benzene rings is 1. The molecule has 1 aliphatic rings. The van der Waals surface area contributed by atoms with Crippen LogP contribution in [0.25, 0.3) is 0 Å². The van der Waals surface area contributed by atoms with Crippen molar-refractivity contribution < 1.29 is 14.6 Å². The van der Waals surface area contributed by atoms with E-state index in [0.717, 1.165) is 29.9 Å². The lowest BCUT2D eigenvalue weighted by Gasteiger charge is -2.15. The Kier molecular flexibility index (Phi) is 2.82. The summed E-state index contributed by atoms with van der Waals surface area (Å²) in [5, 5.41) is 10.1. The molecule has 0 aromatic heterocycles. The van der Waals surface area contributed by atoms with Crippen molar-refractivity contribution in [1.29, 1.82) is 0 Å². The van der Waals surface area contributed by atoms with Gasteiger partial charge in [0.25, 0.3) is 0 Å². The number of ether oxygens (including phenoxy) is 2. The largest absolute Gasteiger partial charge is 0.497 e. The minimum absolute atomic E-state index is 0.394. The SMILES string of the molecule is COc1ccc(OC)c(C(O)C2CC2)c1. The predicted octanol–water partition coefficient (Wildman–Crippen LogP) is 2.15. The molecular formula is C12H16O3. The zero-order valence-corrected chi connectivity index (χ0v) is 9.06. The lowest BCUT2D eigenvalue weighted by Crippen LogP contribution is -2.03. The predicted molar refractivity (Wildman–Crippen MR) is 57.2 cm³/mol. The van der Waals surface area contributed by atoms with E-state index in [-0.39, 0.29) is 0 Å². The minimum atomic E-state index is -0.421. The average Bonchev–Trinajstić information content (AvgIpc) is 3.11. The third kappa shape index (κ3) is 2.07. The first-order valence-corrected chi connectivity index (χ1v) is 5.16. The number of aliphatic hydroxyl groups is 1. The van der Waals surface area contributed by atoms with E-state index in [1.807, 2.05) is 18.2 Å². The van der Waals surface area contributed by atoms with Gasteiger partial charge in [0.15, 0.2) is 0 Å². The Morgan fingerprint density at radius 2 is 2.00 bits per heavy atom. The highest BCUT2D eigenvalue weighted by Gasteiger charge is 2.32. The van der Waals surface area contributed by atoms with Gasteiger partial charge in [-0.25, -0.2) is 0 Å². The van der Waals surface area contributed by atoms with Crippen LogP contribution in [0.15, 0.2) is 18.2 Å². The van der Waals surface area contributed by atoms with Crippen LogP contribution in [-0.4, -0.2) is 19.3 Å². The van der Waals surface area contributed by atoms with Crippen LogP contribution in [0.3, 0.4) is 0 Å². The van der Waals surface area contributed by atoms with Crippen LogP contribution in [0.1, 0.15) is 24.5 Å². The molecule has 1 N–H and O–H groups in total. The van der Waals surface area contributed by atoms with E-state index < -0.39 is 6.10 Å². The van der Waals surface area contributed by atoms with Gasteiger partial charge < -0.3 is 14.6 Å². The first kappa shape index (κ1) is 10.3. The number of methoxy groups -OCH3 is 2. The Labute approximate surface area is 89.6 Å². The standard InChI is InChI=1S/C12H16O3/c1-14-9-5-6-11(15-2)10(7-9)12(13)8-3-4-8/h5-8,12-13H,3-4H2,1-2H3. The molecule has 1 aromatic rings. The van der Waals surface area contributed by atoms with Gasteiger partial charge in [0.1, 0.15) is 11.5 Å². The van der Waals surface area contributed by atoms with E-state index in [2.05, 4.69) is 0 Å². The molecule has 3 heteroatoms. The lowest BCUT2D eigenvalue weighted by molar-refractivity contribution is 0.149. The highest BCUT2D eigenvalue weighted by atomic mass is 16.5. The summed E-state index contributed by atoms with van der Waals surface area (Å²) in [6.45, 7) is 0. The van der Waals surface area contributed by atoms with Crippen LogP contribution < -0.4 is 9.47 Å². The Hall–Kier alpha value is -1.22. The maximum Gasteiger partial charge on any atom is 0.124 e. The van der Waals surface area contributed by atoms with Crippen molar-refractivity contribution in [3.63, 3.8) is 0 Å². The van der Waals surface area contributed by atoms with Crippen LogP contribution >= 0.6 is 0 Å². The first-order chi connectivity index (χ1) is 7.26. The molecule has 82 valence electrons. The fourth-order valence-corrected chi connectivity index (χ4v) is 1.74. The van der Waals surface area contributed by atoms with Crippen molar-refractivity contribution in [2.24, 2.45) is 5.92 Å². The van der Waals surface area contributed by atoms with Crippen LogP contribution in [0.2, 0.25) is 0 Å². The lowest BCUT2D eigenvalue weighted by atomic mass is 10.0. The summed E-state index contributed by atoms with van der Waals surface area (Å²) in [4.78, 5) is 0. The molecule has 0 amide bonds. The number of aliphatic hydroxyl groups excluding tert-OH is 1. The third-order valence-electron chi connectivity index (χ3n) is 2.82. The molecule has 15 heavy (non-hydrogen) atoms. The molecule has 1 aromatic carbocycles. The number of hydrogen-bond donors (Lipinski definition) is 1. The summed E-state index contributed by atoms with van der Waals surface area (Å²) < 4.78 is 10.4. The van der Waals surface area contributed by atoms with E-state index >= 15 is 0 Å². The molecule has 1 fully saturated rings. The molecule has 1 aliphatic carbocycles. The minimum Gasteiger partial charge on any atom is -0.497 e. The molecule has 0 bridgehead atoms. The summed E-state index contributed by atoms with van der Waals surface area (Å²) in [5.74, 6) is 1.88. The molecule has 2 rings (SSSR count). The quantitative estimate of drug-likeness (QED) is 0.824. The van der Waals surface area contributed by atoms with Crippen LogP contribution in [-0.2, 0) is 0 Å². The Morgan fingerprint density at radius 3 is 2.53 bits per heavy atom. The summed E-state index contributed by atoms with van der Waals surface area (Å²) >= 11 is 0. The fraction of sp³-hybridized carbons (Fsp3) is 0.500. The molecule has 0 saturated heterocycles. The van der Waals surface area contributed by atoms with Gasteiger partial charge in [0, 0.05) is 5.56 Å². The average molecular weight is 208 g/mol. The Bertz CT molecular complexity index is 345. The van der Waals surface area contributed by atoms with Gasteiger partial charge >= 0.3 is 0 Å². The summed E-state index contributed by atoms with van der Waals surface area (Å²) in [7, 11) is 3.24. The summed E-state index contributed by atoms with van der Waals surface area (Å²) in [5.41, 5.74) is 0.833. The molecule has 3 nitrogen and oxygen atoms in total. The van der Waals surface area contributed by atoms with Crippen molar-refractivity contribution in [3.8, 4) is 11.5 Å². The third-order valence-corrected chi connectivity index (χ3v) is 2.82. The zero-order chi connectivity index (χ0) is 10.8. The van der Waals surface area contributed by atoms with Crippen LogP contribution in [0.4, 0.5) is 0 Å². The smallest absolute Gasteiger partial charge is 0.124 e. The first-order valence-electron chi connectivity index (χ1n) is 5.16. The Balaban J connectivity index is 2.31. The Morgan fingerprint density at radius 1 is 1.27 bits per heavy atom. The molecule has 0 radical (unpaired) electrons. The molecule has 1 unspecified atom stereocenters.